The van der Waals surface area contributed by atoms with Gasteiger partial charge in [0, 0.05) is 24.3 Å². The molecule has 1 N–H and O–H groups in total. The van der Waals surface area contributed by atoms with Gasteiger partial charge in [-0.1, -0.05) is 5.11 Å². The van der Waals surface area contributed by atoms with Gasteiger partial charge in [-0.25, -0.2) is 8.42 Å². The Morgan fingerprint density at radius 3 is 2.50 bits per heavy atom. The molecule has 0 atom stereocenters. The van der Waals surface area contributed by atoms with Crippen LogP contribution in [0, 0.1) is 0 Å². The molecule has 0 aliphatic rings. The van der Waals surface area contributed by atoms with Crippen molar-refractivity contribution in [2.45, 2.75) is 25.0 Å². The molecule has 0 aliphatic carbocycles. The molecule has 0 heterocycles. The Kier molecular flexibility index (Phi) is 5.26. The van der Waals surface area contributed by atoms with Crippen LogP contribution < -0.4 is 5.32 Å². The van der Waals surface area contributed by atoms with Gasteiger partial charge in [-0.05, 0) is 25.8 Å². The fraction of sp³-hybridized carbons (Fsp3) is 0.875. The van der Waals surface area contributed by atoms with Crippen molar-refractivity contribution in [2.75, 3.05) is 19.3 Å². The predicted octanol–water partition coefficient (Wildman–Crippen LogP) is 0.626. The highest BCUT2D eigenvalue weighted by atomic mass is 32.2. The molecule has 0 fully saturated rings. The first-order chi connectivity index (χ1) is 7.23. The number of azide groups is 1. The van der Waals surface area contributed by atoms with Crippen LogP contribution in [0.2, 0.25) is 0 Å². The summed E-state index contributed by atoms with van der Waals surface area (Å²) in [6.07, 6.45) is 1.50. The quantitative estimate of drug-likeness (QED) is 0.322. The molecule has 0 aliphatic heterocycles. The lowest BCUT2D eigenvalue weighted by Crippen LogP contribution is -2.47. The molecule has 0 radical (unpaired) electrons. The molecule has 0 spiro atoms. The van der Waals surface area contributed by atoms with Crippen LogP contribution in [0.3, 0.4) is 0 Å². The summed E-state index contributed by atoms with van der Waals surface area (Å²) in [7, 11) is -3.44. The third kappa shape index (κ3) is 4.08. The van der Waals surface area contributed by atoms with Crippen molar-refractivity contribution < 1.29 is 13.2 Å². The van der Waals surface area contributed by atoms with Crippen molar-refractivity contribution in [2.24, 2.45) is 5.11 Å². The lowest BCUT2D eigenvalue weighted by atomic mass is 10.2. The molecule has 0 saturated carbocycles. The predicted molar refractivity (Wildman–Crippen MR) is 60.6 cm³/mol. The summed E-state index contributed by atoms with van der Waals surface area (Å²) in [5.41, 5.74) is 8.00. The Morgan fingerprint density at radius 1 is 1.50 bits per heavy atom. The largest absolute Gasteiger partial charge is 0.355 e. The highest BCUT2D eigenvalue weighted by molar-refractivity contribution is 7.92. The third-order valence-electron chi connectivity index (χ3n) is 2.26. The van der Waals surface area contributed by atoms with Gasteiger partial charge in [0.15, 0.2) is 9.84 Å². The standard InChI is InChI=1S/C8H16N4O3S/c1-8(2,16(3,14)15)7(13)10-5-4-6-11-12-9/h4-6H2,1-3H3,(H,10,13). The first-order valence-corrected chi connectivity index (χ1v) is 6.61. The van der Waals surface area contributed by atoms with Crippen molar-refractivity contribution in [3.05, 3.63) is 10.4 Å². The van der Waals surface area contributed by atoms with Gasteiger partial charge in [0.1, 0.15) is 4.75 Å². The number of nitrogens with zero attached hydrogens (tertiary/aromatic N) is 3. The Labute approximate surface area is 94.8 Å². The van der Waals surface area contributed by atoms with Gasteiger partial charge in [0.25, 0.3) is 0 Å². The van der Waals surface area contributed by atoms with Crippen LogP contribution in [-0.2, 0) is 14.6 Å². The van der Waals surface area contributed by atoms with E-state index in [1.165, 1.54) is 13.8 Å². The van der Waals surface area contributed by atoms with Gasteiger partial charge in [-0.3, -0.25) is 4.79 Å². The number of carbonyl (C=O) groups is 1. The van der Waals surface area contributed by atoms with Gasteiger partial charge >= 0.3 is 0 Å². The maximum atomic E-state index is 11.6. The zero-order valence-electron chi connectivity index (χ0n) is 9.60. The number of amides is 1. The van der Waals surface area contributed by atoms with Crippen molar-refractivity contribution >= 4 is 15.7 Å². The summed E-state index contributed by atoms with van der Waals surface area (Å²) in [5, 5.41) is 5.78. The van der Waals surface area contributed by atoms with E-state index in [9.17, 15) is 13.2 Å². The van der Waals surface area contributed by atoms with E-state index in [0.29, 0.717) is 6.42 Å². The van der Waals surface area contributed by atoms with Crippen LogP contribution in [0.15, 0.2) is 5.11 Å². The smallest absolute Gasteiger partial charge is 0.240 e. The Bertz CT molecular complexity index is 396. The first-order valence-electron chi connectivity index (χ1n) is 4.72. The van der Waals surface area contributed by atoms with Gasteiger partial charge in [-0.15, -0.1) is 0 Å². The minimum Gasteiger partial charge on any atom is -0.355 e. The van der Waals surface area contributed by atoms with E-state index >= 15 is 0 Å². The lowest BCUT2D eigenvalue weighted by molar-refractivity contribution is -0.122. The minimum atomic E-state index is -3.44. The average Bonchev–Trinajstić information content (AvgIpc) is 2.15. The second-order valence-corrected chi connectivity index (χ2v) is 6.41. The molecule has 0 rings (SSSR count). The highest BCUT2D eigenvalue weighted by Gasteiger charge is 2.37. The minimum absolute atomic E-state index is 0.274. The topological polar surface area (TPSA) is 112 Å². The maximum Gasteiger partial charge on any atom is 0.240 e. The van der Waals surface area contributed by atoms with E-state index in [2.05, 4.69) is 15.3 Å². The van der Waals surface area contributed by atoms with Crippen LogP contribution in [0.4, 0.5) is 0 Å². The molecule has 0 aromatic heterocycles. The summed E-state index contributed by atoms with van der Waals surface area (Å²) in [6.45, 7) is 3.27. The SMILES string of the molecule is CC(C)(C(=O)NCCCN=[N+]=[N-])S(C)(=O)=O. The van der Waals surface area contributed by atoms with Crippen LogP contribution in [0.25, 0.3) is 10.4 Å². The fourth-order valence-corrected chi connectivity index (χ4v) is 1.19. The summed E-state index contributed by atoms with van der Waals surface area (Å²) in [4.78, 5) is 14.1. The van der Waals surface area contributed by atoms with Gasteiger partial charge < -0.3 is 5.32 Å². The molecule has 16 heavy (non-hydrogen) atoms. The van der Waals surface area contributed by atoms with E-state index in [1.807, 2.05) is 0 Å². The Morgan fingerprint density at radius 2 is 2.06 bits per heavy atom. The van der Waals surface area contributed by atoms with Gasteiger partial charge in [0.05, 0.1) is 0 Å². The van der Waals surface area contributed by atoms with E-state index in [4.69, 9.17) is 5.53 Å². The third-order valence-corrected chi connectivity index (χ3v) is 4.30. The van der Waals surface area contributed by atoms with Crippen molar-refractivity contribution in [3.8, 4) is 0 Å². The van der Waals surface area contributed by atoms with E-state index < -0.39 is 20.5 Å². The van der Waals surface area contributed by atoms with Crippen LogP contribution in [0.5, 0.6) is 0 Å². The molecule has 0 saturated heterocycles. The molecular formula is C8H16N4O3S. The molecule has 8 heteroatoms. The molecule has 0 aromatic carbocycles. The second kappa shape index (κ2) is 5.72. The molecule has 1 amide bonds. The fourth-order valence-electron chi connectivity index (χ4n) is 0.778. The molecule has 0 aromatic rings. The van der Waals surface area contributed by atoms with Crippen molar-refractivity contribution in [3.63, 3.8) is 0 Å². The number of hydrogen-bond acceptors (Lipinski definition) is 4. The summed E-state index contributed by atoms with van der Waals surface area (Å²) in [6, 6.07) is 0. The number of hydrogen-bond donors (Lipinski definition) is 1. The summed E-state index contributed by atoms with van der Waals surface area (Å²) < 4.78 is 21.2. The second-order valence-electron chi connectivity index (χ2n) is 3.85. The highest BCUT2D eigenvalue weighted by Crippen LogP contribution is 2.14. The maximum absolute atomic E-state index is 11.6. The molecule has 92 valence electrons. The van der Waals surface area contributed by atoms with Crippen molar-refractivity contribution in [1.29, 1.82) is 0 Å². The first kappa shape index (κ1) is 14.7. The van der Waals surface area contributed by atoms with E-state index in [1.54, 1.807) is 0 Å². The summed E-state index contributed by atoms with van der Waals surface area (Å²) in [5.74, 6) is -0.545. The van der Waals surface area contributed by atoms with Gasteiger partial charge in [-0.2, -0.15) is 0 Å². The monoisotopic (exact) mass is 248 g/mol. The normalized spacial score (nSPS) is 11.7. The number of nitrogens with one attached hydrogen (secondary N) is 1. The van der Waals surface area contributed by atoms with Crippen molar-refractivity contribution in [1.82, 2.24) is 5.32 Å². The molecular weight excluding hydrogens is 232 g/mol. The number of rotatable bonds is 6. The lowest BCUT2D eigenvalue weighted by Gasteiger charge is -2.21. The van der Waals surface area contributed by atoms with Crippen LogP contribution in [0.1, 0.15) is 20.3 Å². The van der Waals surface area contributed by atoms with Gasteiger partial charge in [0.2, 0.25) is 5.91 Å². The average molecular weight is 248 g/mol. The Balaban J connectivity index is 4.22. The summed E-state index contributed by atoms with van der Waals surface area (Å²) >= 11 is 0. The Hall–Kier alpha value is -1.27. The zero-order valence-corrected chi connectivity index (χ0v) is 10.4. The van der Waals surface area contributed by atoms with Crippen LogP contribution in [-0.4, -0.2) is 38.4 Å². The van der Waals surface area contributed by atoms with Crippen LogP contribution >= 0.6 is 0 Å². The number of carbonyl (C=O) groups excluding carboxylic acids is 1. The molecule has 0 bridgehead atoms. The number of sulfone groups is 1. The molecule has 0 unspecified atom stereocenters. The molecule has 7 nitrogen and oxygen atoms in total. The van der Waals surface area contributed by atoms with E-state index in [0.717, 1.165) is 6.26 Å². The zero-order chi connectivity index (χ0) is 12.8. The van der Waals surface area contributed by atoms with E-state index in [-0.39, 0.29) is 13.1 Å².